The van der Waals surface area contributed by atoms with Crippen LogP contribution < -0.4 is 10.6 Å². The lowest BCUT2D eigenvalue weighted by Crippen LogP contribution is -2.55. The summed E-state index contributed by atoms with van der Waals surface area (Å²) in [6.45, 7) is 14.4. The van der Waals surface area contributed by atoms with Crippen LogP contribution in [0.15, 0.2) is 72.8 Å². The average molecular weight is 760 g/mol. The van der Waals surface area contributed by atoms with E-state index < -0.39 is 53.2 Å². The molecule has 3 aromatic rings. The Balaban J connectivity index is 2.15. The van der Waals surface area contributed by atoms with Gasteiger partial charge in [-0.15, -0.1) is 0 Å². The van der Waals surface area contributed by atoms with E-state index in [1.54, 1.807) is 72.7 Å². The first kappa shape index (κ1) is 44.3. The van der Waals surface area contributed by atoms with Crippen molar-refractivity contribution in [2.24, 2.45) is 0 Å². The molecule has 11 nitrogen and oxygen atoms in total. The minimum Gasteiger partial charge on any atom is -0.508 e. The molecule has 3 unspecified atom stereocenters. The summed E-state index contributed by atoms with van der Waals surface area (Å²) in [6, 6.07) is 16.7. The van der Waals surface area contributed by atoms with E-state index in [0.717, 1.165) is 37.7 Å². The third-order valence-electron chi connectivity index (χ3n) is 8.79. The zero-order valence-electron chi connectivity index (χ0n) is 33.8. The fraction of sp³-hybridized carbons (Fsp3) is 0.500. The van der Waals surface area contributed by atoms with Gasteiger partial charge >= 0.3 is 12.1 Å². The minimum atomic E-state index is -1.27. The van der Waals surface area contributed by atoms with Crippen molar-refractivity contribution >= 4 is 23.9 Å². The van der Waals surface area contributed by atoms with Crippen LogP contribution in [0.2, 0.25) is 0 Å². The first-order chi connectivity index (χ1) is 25.9. The van der Waals surface area contributed by atoms with Gasteiger partial charge < -0.3 is 35.2 Å². The Labute approximate surface area is 326 Å². The molecule has 0 saturated carbocycles. The first-order valence-corrected chi connectivity index (χ1v) is 19.3. The van der Waals surface area contributed by atoms with Gasteiger partial charge in [0.2, 0.25) is 11.8 Å². The molecule has 0 aromatic heterocycles. The molecule has 0 radical (unpaired) electrons. The summed E-state index contributed by atoms with van der Waals surface area (Å²) in [6.07, 6.45) is 4.85. The van der Waals surface area contributed by atoms with Crippen molar-refractivity contribution in [1.82, 2.24) is 15.5 Å². The maximum Gasteiger partial charge on any atom is 0.408 e. The quantitative estimate of drug-likeness (QED) is 0.0756. The number of unbranched alkanes of at least 4 members (excludes halogenated alkanes) is 5. The van der Waals surface area contributed by atoms with Crippen LogP contribution in [-0.2, 0) is 36.7 Å². The number of nitrogens with zero attached hydrogens (tertiary/aromatic N) is 1. The Morgan fingerprint density at radius 2 is 1.29 bits per heavy atom. The van der Waals surface area contributed by atoms with Crippen molar-refractivity contribution in [3.63, 3.8) is 0 Å². The molecular formula is C44H61N3O8. The number of carbonyl (C=O) groups excluding carboxylic acids is 4. The largest absolute Gasteiger partial charge is 0.508 e. The second-order valence-electron chi connectivity index (χ2n) is 16.1. The van der Waals surface area contributed by atoms with E-state index in [2.05, 4.69) is 17.6 Å². The number of rotatable bonds is 18. The summed E-state index contributed by atoms with van der Waals surface area (Å²) in [5.41, 5.74) is 0.666. The third kappa shape index (κ3) is 15.3. The van der Waals surface area contributed by atoms with Gasteiger partial charge in [-0.3, -0.25) is 9.59 Å². The molecule has 11 heteroatoms. The Morgan fingerprint density at radius 1 is 0.709 bits per heavy atom. The highest BCUT2D eigenvalue weighted by molar-refractivity contribution is 5.94. The molecule has 3 aromatic carbocycles. The smallest absolute Gasteiger partial charge is 0.408 e. The highest BCUT2D eigenvalue weighted by Crippen LogP contribution is 2.29. The number of aromatic hydroxyl groups is 2. The minimum absolute atomic E-state index is 0.0178. The van der Waals surface area contributed by atoms with Gasteiger partial charge in [0.1, 0.15) is 40.8 Å². The summed E-state index contributed by atoms with van der Waals surface area (Å²) >= 11 is 0. The highest BCUT2D eigenvalue weighted by atomic mass is 16.6. The van der Waals surface area contributed by atoms with E-state index in [0.29, 0.717) is 23.1 Å². The van der Waals surface area contributed by atoms with Crippen molar-refractivity contribution < 1.29 is 38.9 Å². The van der Waals surface area contributed by atoms with Crippen LogP contribution in [0.25, 0.3) is 0 Å². The van der Waals surface area contributed by atoms with E-state index in [1.807, 2.05) is 30.3 Å². The first-order valence-electron chi connectivity index (χ1n) is 19.3. The number of hydrogen-bond donors (Lipinski definition) is 4. The van der Waals surface area contributed by atoms with Crippen molar-refractivity contribution in [3.05, 3.63) is 95.1 Å². The Kier molecular flexibility index (Phi) is 16.6. The third-order valence-corrected chi connectivity index (χ3v) is 8.79. The van der Waals surface area contributed by atoms with Crippen LogP contribution in [0.4, 0.5) is 4.79 Å². The highest BCUT2D eigenvalue weighted by Gasteiger charge is 2.38. The molecule has 0 aliphatic carbocycles. The lowest BCUT2D eigenvalue weighted by molar-refractivity contribution is -0.159. The maximum absolute atomic E-state index is 15.0. The lowest BCUT2D eigenvalue weighted by Gasteiger charge is -2.35. The number of benzene rings is 3. The van der Waals surface area contributed by atoms with Gasteiger partial charge in [0.25, 0.3) is 0 Å². The maximum atomic E-state index is 15.0. The van der Waals surface area contributed by atoms with Crippen molar-refractivity contribution in [3.8, 4) is 11.5 Å². The van der Waals surface area contributed by atoms with Crippen molar-refractivity contribution in [2.45, 2.75) is 136 Å². The number of phenolic OH excluding ortho intramolecular Hbond substituents is 2. The molecule has 4 N–H and O–H groups in total. The number of carbonyl (C=O) groups is 4. The molecule has 0 heterocycles. The summed E-state index contributed by atoms with van der Waals surface area (Å²) in [5.74, 6) is -1.74. The van der Waals surface area contributed by atoms with Crippen LogP contribution in [0.1, 0.15) is 115 Å². The van der Waals surface area contributed by atoms with E-state index in [1.165, 1.54) is 23.1 Å². The van der Waals surface area contributed by atoms with E-state index in [9.17, 15) is 24.6 Å². The standard InChI is InChI=1S/C44H61N3O8/c1-9-10-11-12-13-17-26-47(40(51)35(46-42(53)55-44(6,7)8)28-32-20-23-34(48)24-21-32)38(33-22-25-37(49)30(2)27-33)39(50)45-36(41(52)54-43(3,4)5)29-31-18-15-14-16-19-31/h14-16,18-25,27,35-36,38,48-49H,9-13,17,26,28-29H2,1-8H3,(H,45,50)(H,46,53). The van der Waals surface area contributed by atoms with E-state index >= 15 is 4.79 Å². The predicted molar refractivity (Wildman–Crippen MR) is 214 cm³/mol. The predicted octanol–water partition coefficient (Wildman–Crippen LogP) is 7.84. The van der Waals surface area contributed by atoms with Crippen LogP contribution >= 0.6 is 0 Å². The summed E-state index contributed by atoms with van der Waals surface area (Å²) in [4.78, 5) is 58.3. The van der Waals surface area contributed by atoms with Gasteiger partial charge in [0, 0.05) is 19.4 Å². The Bertz CT molecular complexity index is 1700. The number of nitrogens with one attached hydrogen (secondary N) is 2. The van der Waals surface area contributed by atoms with Crippen molar-refractivity contribution in [2.75, 3.05) is 6.54 Å². The molecule has 0 bridgehead atoms. The van der Waals surface area contributed by atoms with Crippen LogP contribution in [0, 0.1) is 6.92 Å². The lowest BCUT2D eigenvalue weighted by atomic mass is 9.97. The van der Waals surface area contributed by atoms with Gasteiger partial charge in [-0.25, -0.2) is 9.59 Å². The molecule has 0 aliphatic rings. The number of amides is 3. The second-order valence-corrected chi connectivity index (χ2v) is 16.1. The zero-order chi connectivity index (χ0) is 40.8. The molecule has 55 heavy (non-hydrogen) atoms. The number of alkyl carbamates (subject to hydrolysis) is 1. The number of aryl methyl sites for hydroxylation is 1. The van der Waals surface area contributed by atoms with Crippen molar-refractivity contribution in [1.29, 1.82) is 0 Å². The second kappa shape index (κ2) is 20.6. The van der Waals surface area contributed by atoms with Crippen LogP contribution in [0.5, 0.6) is 11.5 Å². The average Bonchev–Trinajstić information content (AvgIpc) is 3.09. The number of hydrogen-bond acceptors (Lipinski definition) is 8. The van der Waals surface area contributed by atoms with E-state index in [4.69, 9.17) is 9.47 Å². The van der Waals surface area contributed by atoms with Gasteiger partial charge in [-0.2, -0.15) is 0 Å². The number of ether oxygens (including phenoxy) is 2. The monoisotopic (exact) mass is 759 g/mol. The fourth-order valence-electron chi connectivity index (χ4n) is 6.14. The number of phenols is 2. The van der Waals surface area contributed by atoms with Gasteiger partial charge in [-0.1, -0.05) is 87.6 Å². The summed E-state index contributed by atoms with van der Waals surface area (Å²) in [7, 11) is 0. The van der Waals surface area contributed by atoms with Gasteiger partial charge in [0.05, 0.1) is 0 Å². The van der Waals surface area contributed by atoms with E-state index in [-0.39, 0.29) is 30.9 Å². The summed E-state index contributed by atoms with van der Waals surface area (Å²) in [5, 5.41) is 26.1. The molecule has 3 amide bonds. The molecule has 0 spiro atoms. The van der Waals surface area contributed by atoms with Gasteiger partial charge in [0.15, 0.2) is 0 Å². The topological polar surface area (TPSA) is 154 Å². The SMILES string of the molecule is CCCCCCCCN(C(=O)C(Cc1ccc(O)cc1)NC(=O)OC(C)(C)C)C(C(=O)NC(Cc1ccccc1)C(=O)OC(C)(C)C)c1ccc(O)c(C)c1. The molecule has 0 fully saturated rings. The molecule has 0 aliphatic heterocycles. The summed E-state index contributed by atoms with van der Waals surface area (Å²) < 4.78 is 11.3. The number of esters is 1. The molecule has 3 rings (SSSR count). The Hall–Kier alpha value is -5.06. The van der Waals surface area contributed by atoms with Crippen LogP contribution in [0.3, 0.4) is 0 Å². The van der Waals surface area contributed by atoms with Gasteiger partial charge in [-0.05, 0) is 101 Å². The molecular weight excluding hydrogens is 698 g/mol. The van der Waals surface area contributed by atoms with Crippen LogP contribution in [-0.4, -0.2) is 68.8 Å². The molecule has 3 atom stereocenters. The zero-order valence-corrected chi connectivity index (χ0v) is 33.8. The molecule has 0 saturated heterocycles. The normalized spacial score (nSPS) is 13.2. The Morgan fingerprint density at radius 3 is 1.89 bits per heavy atom. The fourth-order valence-corrected chi connectivity index (χ4v) is 6.14. The molecule has 300 valence electrons.